The van der Waals surface area contributed by atoms with Crippen LogP contribution in [0, 0.1) is 0 Å². The molecule has 0 spiro atoms. The summed E-state index contributed by atoms with van der Waals surface area (Å²) in [7, 11) is 0. The van der Waals surface area contributed by atoms with Crippen LogP contribution < -0.4 is 10.6 Å². The molecule has 0 atom stereocenters. The van der Waals surface area contributed by atoms with Gasteiger partial charge in [0.2, 0.25) is 5.95 Å². The van der Waals surface area contributed by atoms with Crippen LogP contribution in [-0.4, -0.2) is 64.8 Å². The number of morpholine rings is 1. The SMILES string of the molecule is O=C(NCCCN1CCOCC1)c1ccc(Nc2nc3cccc(-c4ccc(Cl)cc4)n3n2)cc1. The van der Waals surface area contributed by atoms with Crippen LogP contribution in [0.1, 0.15) is 16.8 Å². The lowest BCUT2D eigenvalue weighted by Crippen LogP contribution is -2.38. The first-order valence-electron chi connectivity index (χ1n) is 11.7. The Morgan fingerprint density at radius 3 is 2.54 bits per heavy atom. The Bertz CT molecular complexity index is 1280. The van der Waals surface area contributed by atoms with Crippen LogP contribution in [0.2, 0.25) is 5.02 Å². The number of anilines is 2. The van der Waals surface area contributed by atoms with Crippen LogP contribution in [-0.2, 0) is 4.74 Å². The molecule has 0 radical (unpaired) electrons. The van der Waals surface area contributed by atoms with Crippen molar-refractivity contribution in [2.24, 2.45) is 0 Å². The zero-order valence-corrected chi connectivity index (χ0v) is 20.0. The Kier molecular flexibility index (Phi) is 7.23. The Hall–Kier alpha value is -3.46. The fourth-order valence-corrected chi connectivity index (χ4v) is 4.19. The van der Waals surface area contributed by atoms with Gasteiger partial charge in [0, 0.05) is 41.5 Å². The Labute approximate surface area is 208 Å². The number of nitrogens with one attached hydrogen (secondary N) is 2. The summed E-state index contributed by atoms with van der Waals surface area (Å²) < 4.78 is 7.16. The van der Waals surface area contributed by atoms with Gasteiger partial charge in [0.05, 0.1) is 18.9 Å². The number of rotatable bonds is 8. The van der Waals surface area contributed by atoms with E-state index in [-0.39, 0.29) is 5.91 Å². The van der Waals surface area contributed by atoms with Crippen molar-refractivity contribution in [3.05, 3.63) is 77.3 Å². The molecule has 0 unspecified atom stereocenters. The van der Waals surface area contributed by atoms with Gasteiger partial charge >= 0.3 is 0 Å². The highest BCUT2D eigenvalue weighted by Gasteiger charge is 2.12. The van der Waals surface area contributed by atoms with Crippen LogP contribution in [0.25, 0.3) is 16.9 Å². The molecule has 9 heteroatoms. The van der Waals surface area contributed by atoms with Crippen LogP contribution in [0.5, 0.6) is 0 Å². The third-order valence-electron chi connectivity index (χ3n) is 5.94. The Balaban J connectivity index is 1.19. The van der Waals surface area contributed by atoms with E-state index in [0.29, 0.717) is 23.1 Å². The second-order valence-electron chi connectivity index (χ2n) is 8.39. The topological polar surface area (TPSA) is 83.8 Å². The lowest BCUT2D eigenvalue weighted by atomic mass is 10.1. The lowest BCUT2D eigenvalue weighted by molar-refractivity contribution is 0.0374. The average molecular weight is 491 g/mol. The van der Waals surface area contributed by atoms with E-state index in [0.717, 1.165) is 61.9 Å². The number of carbonyl (C=O) groups excluding carboxylic acids is 1. The molecule has 2 aromatic heterocycles. The second kappa shape index (κ2) is 10.9. The summed E-state index contributed by atoms with van der Waals surface area (Å²) in [6, 6.07) is 20.8. The van der Waals surface area contributed by atoms with Crippen LogP contribution in [0.15, 0.2) is 66.7 Å². The number of aromatic nitrogens is 3. The van der Waals surface area contributed by atoms with Crippen molar-refractivity contribution in [1.82, 2.24) is 24.8 Å². The van der Waals surface area contributed by atoms with E-state index in [1.165, 1.54) is 0 Å². The summed E-state index contributed by atoms with van der Waals surface area (Å²) in [6.07, 6.45) is 0.920. The molecule has 0 aliphatic carbocycles. The number of pyridine rings is 1. The maximum Gasteiger partial charge on any atom is 0.251 e. The predicted molar refractivity (Wildman–Crippen MR) is 137 cm³/mol. The molecule has 180 valence electrons. The van der Waals surface area contributed by atoms with E-state index in [9.17, 15) is 4.79 Å². The van der Waals surface area contributed by atoms with E-state index < -0.39 is 0 Å². The van der Waals surface area contributed by atoms with Crippen LogP contribution in [0.3, 0.4) is 0 Å². The predicted octanol–water partition coefficient (Wildman–Crippen LogP) is 4.25. The lowest BCUT2D eigenvalue weighted by Gasteiger charge is -2.26. The molecule has 2 aromatic carbocycles. The minimum atomic E-state index is -0.0722. The zero-order valence-electron chi connectivity index (χ0n) is 19.3. The van der Waals surface area contributed by atoms with Crippen molar-refractivity contribution in [1.29, 1.82) is 0 Å². The molecule has 4 aromatic rings. The van der Waals surface area contributed by atoms with Gasteiger partial charge in [-0.15, -0.1) is 5.10 Å². The van der Waals surface area contributed by atoms with E-state index in [1.54, 1.807) is 16.6 Å². The maximum absolute atomic E-state index is 12.5. The molecule has 0 saturated carbocycles. The zero-order chi connectivity index (χ0) is 24.0. The summed E-state index contributed by atoms with van der Waals surface area (Å²) >= 11 is 6.03. The summed E-state index contributed by atoms with van der Waals surface area (Å²) in [5.74, 6) is 0.406. The largest absolute Gasteiger partial charge is 0.379 e. The first-order valence-corrected chi connectivity index (χ1v) is 12.1. The molecule has 1 amide bonds. The maximum atomic E-state index is 12.5. The van der Waals surface area contributed by atoms with Gasteiger partial charge in [-0.25, -0.2) is 4.52 Å². The van der Waals surface area contributed by atoms with Crippen LogP contribution in [0.4, 0.5) is 11.6 Å². The van der Waals surface area contributed by atoms with Gasteiger partial charge < -0.3 is 15.4 Å². The highest BCUT2D eigenvalue weighted by molar-refractivity contribution is 6.30. The van der Waals surface area contributed by atoms with Crippen LogP contribution >= 0.6 is 11.6 Å². The van der Waals surface area contributed by atoms with Crippen molar-refractivity contribution in [2.45, 2.75) is 6.42 Å². The smallest absolute Gasteiger partial charge is 0.251 e. The molecule has 5 rings (SSSR count). The third-order valence-corrected chi connectivity index (χ3v) is 6.20. The number of benzene rings is 2. The van der Waals surface area contributed by atoms with Gasteiger partial charge in [-0.2, -0.15) is 4.98 Å². The van der Waals surface area contributed by atoms with Crippen molar-refractivity contribution >= 4 is 34.8 Å². The Morgan fingerprint density at radius 1 is 1.00 bits per heavy atom. The molecule has 2 N–H and O–H groups in total. The molecule has 1 saturated heterocycles. The first kappa shape index (κ1) is 23.3. The standard InChI is InChI=1S/C26H27ClN6O2/c27-21-9-5-19(6-10-21)23-3-1-4-24-30-26(31-33(23)24)29-22-11-7-20(8-12-22)25(34)28-13-2-14-32-15-17-35-18-16-32/h1,3-12H,2,13-18H2,(H,28,34)(H,29,31). The number of nitrogens with zero attached hydrogens (tertiary/aromatic N) is 4. The summed E-state index contributed by atoms with van der Waals surface area (Å²) in [5, 5.41) is 11.5. The third kappa shape index (κ3) is 5.79. The summed E-state index contributed by atoms with van der Waals surface area (Å²) in [4.78, 5) is 19.4. The molecule has 0 bridgehead atoms. The molecule has 1 aliphatic rings. The van der Waals surface area contributed by atoms with Gasteiger partial charge in [0.1, 0.15) is 0 Å². The van der Waals surface area contributed by atoms with Crippen molar-refractivity contribution in [3.8, 4) is 11.3 Å². The van der Waals surface area contributed by atoms with Gasteiger partial charge in [0.25, 0.3) is 5.91 Å². The molecule has 1 aliphatic heterocycles. The molecular formula is C26H27ClN6O2. The summed E-state index contributed by atoms with van der Waals surface area (Å²) in [6.45, 7) is 5.13. The molecular weight excluding hydrogens is 464 g/mol. The fourth-order valence-electron chi connectivity index (χ4n) is 4.06. The molecule has 3 heterocycles. The number of halogens is 1. The van der Waals surface area contributed by atoms with Gasteiger partial charge in [-0.05, 0) is 61.5 Å². The van der Waals surface area contributed by atoms with E-state index in [2.05, 4.69) is 25.6 Å². The van der Waals surface area contributed by atoms with Crippen molar-refractivity contribution in [2.75, 3.05) is 44.7 Å². The highest BCUT2D eigenvalue weighted by atomic mass is 35.5. The summed E-state index contributed by atoms with van der Waals surface area (Å²) in [5.41, 5.74) is 4.07. The minimum absolute atomic E-state index is 0.0722. The molecule has 1 fully saturated rings. The highest BCUT2D eigenvalue weighted by Crippen LogP contribution is 2.23. The number of hydrogen-bond acceptors (Lipinski definition) is 6. The number of amides is 1. The fraction of sp³-hybridized carbons (Fsp3) is 0.269. The average Bonchev–Trinajstić information content (AvgIpc) is 3.31. The quantitative estimate of drug-likeness (QED) is 0.359. The van der Waals surface area contributed by atoms with E-state index >= 15 is 0 Å². The monoisotopic (exact) mass is 490 g/mol. The number of ether oxygens (including phenoxy) is 1. The minimum Gasteiger partial charge on any atom is -0.379 e. The normalized spacial score (nSPS) is 14.2. The first-order chi connectivity index (χ1) is 17.2. The number of hydrogen-bond donors (Lipinski definition) is 2. The number of carbonyl (C=O) groups is 1. The van der Waals surface area contributed by atoms with Gasteiger partial charge in [-0.3, -0.25) is 9.69 Å². The van der Waals surface area contributed by atoms with Gasteiger partial charge in [0.15, 0.2) is 5.65 Å². The molecule has 8 nitrogen and oxygen atoms in total. The second-order valence-corrected chi connectivity index (χ2v) is 8.83. The van der Waals surface area contributed by atoms with E-state index in [4.69, 9.17) is 16.3 Å². The van der Waals surface area contributed by atoms with Crippen molar-refractivity contribution in [3.63, 3.8) is 0 Å². The van der Waals surface area contributed by atoms with Crippen molar-refractivity contribution < 1.29 is 9.53 Å². The van der Waals surface area contributed by atoms with Gasteiger partial charge in [-0.1, -0.05) is 29.8 Å². The molecule has 35 heavy (non-hydrogen) atoms. The Morgan fingerprint density at radius 2 is 1.77 bits per heavy atom. The number of fused-ring (bicyclic) bond motifs is 1. The van der Waals surface area contributed by atoms with E-state index in [1.807, 2.05) is 54.6 Å².